The van der Waals surface area contributed by atoms with Crippen molar-refractivity contribution >= 4 is 27.5 Å². The number of hydrogen-bond donors (Lipinski definition) is 1. The van der Waals surface area contributed by atoms with Crippen LogP contribution >= 0.6 is 15.9 Å². The average Bonchev–Trinajstić information content (AvgIpc) is 2.38. The maximum Gasteiger partial charge on any atom is 0.256 e. The van der Waals surface area contributed by atoms with Crippen LogP contribution in [-0.2, 0) is 0 Å². The van der Waals surface area contributed by atoms with Gasteiger partial charge in [0.05, 0.1) is 12.7 Å². The average molecular weight is 339 g/mol. The van der Waals surface area contributed by atoms with Crippen molar-refractivity contribution in [3.63, 3.8) is 0 Å². The minimum atomic E-state index is -0.414. The Bertz CT molecular complexity index is 662. The lowest BCUT2D eigenvalue weighted by molar-refractivity contribution is 0.102. The van der Waals surface area contributed by atoms with Gasteiger partial charge in [-0.2, -0.15) is 0 Å². The number of halogens is 2. The van der Waals surface area contributed by atoms with Gasteiger partial charge in [0.15, 0.2) is 0 Å². The van der Waals surface area contributed by atoms with E-state index < -0.39 is 5.82 Å². The number of anilines is 1. The van der Waals surface area contributed by atoms with Gasteiger partial charge in [0.1, 0.15) is 11.5 Å². The van der Waals surface area contributed by atoms with Gasteiger partial charge in [-0.05, 0) is 52.7 Å². The third-order valence-corrected chi connectivity index (χ3v) is 3.26. The summed E-state index contributed by atoms with van der Waals surface area (Å²) in [6.07, 6.45) is 1.64. The zero-order chi connectivity index (χ0) is 14.7. The van der Waals surface area contributed by atoms with E-state index in [0.717, 1.165) is 5.56 Å². The topological polar surface area (TPSA) is 51.2 Å². The second kappa shape index (κ2) is 6.00. The first-order valence-electron chi connectivity index (χ1n) is 5.78. The lowest BCUT2D eigenvalue weighted by Gasteiger charge is -2.10. The summed E-state index contributed by atoms with van der Waals surface area (Å²) in [7, 11) is 1.47. The minimum Gasteiger partial charge on any atom is -0.480 e. The first-order chi connectivity index (χ1) is 9.51. The fourth-order valence-corrected chi connectivity index (χ4v) is 2.20. The summed E-state index contributed by atoms with van der Waals surface area (Å²) in [5, 5.41) is 2.70. The second-order valence-electron chi connectivity index (χ2n) is 4.15. The molecule has 0 fully saturated rings. The molecule has 0 saturated carbocycles. The van der Waals surface area contributed by atoms with Crippen molar-refractivity contribution in [2.45, 2.75) is 6.92 Å². The molecular formula is C14H12BrFN2O2. The van der Waals surface area contributed by atoms with E-state index in [4.69, 9.17) is 4.74 Å². The van der Waals surface area contributed by atoms with Crippen LogP contribution in [0.25, 0.3) is 0 Å². The van der Waals surface area contributed by atoms with Crippen LogP contribution in [0.15, 0.2) is 34.9 Å². The molecule has 2 rings (SSSR count). The molecule has 2 aromatic rings. The van der Waals surface area contributed by atoms with Gasteiger partial charge in [-0.3, -0.25) is 4.79 Å². The molecule has 0 unspecified atom stereocenters. The monoisotopic (exact) mass is 338 g/mol. The summed E-state index contributed by atoms with van der Waals surface area (Å²) in [6, 6.07) is 5.62. The quantitative estimate of drug-likeness (QED) is 0.930. The van der Waals surface area contributed by atoms with Gasteiger partial charge >= 0.3 is 0 Å². The van der Waals surface area contributed by atoms with Crippen LogP contribution in [0.2, 0.25) is 0 Å². The molecule has 0 aliphatic carbocycles. The molecule has 1 aromatic heterocycles. The number of carbonyl (C=O) groups is 1. The van der Waals surface area contributed by atoms with Gasteiger partial charge in [-0.1, -0.05) is 0 Å². The zero-order valence-corrected chi connectivity index (χ0v) is 12.5. The van der Waals surface area contributed by atoms with E-state index in [2.05, 4.69) is 26.2 Å². The number of carbonyl (C=O) groups excluding carboxylic acids is 1. The molecule has 1 amide bonds. The summed E-state index contributed by atoms with van der Waals surface area (Å²) in [5.74, 6) is -0.465. The van der Waals surface area contributed by atoms with Crippen molar-refractivity contribution in [3.8, 4) is 5.88 Å². The van der Waals surface area contributed by atoms with Crippen LogP contribution in [0.3, 0.4) is 0 Å². The molecule has 0 atom stereocenters. The second-order valence-corrected chi connectivity index (χ2v) is 5.00. The summed E-state index contributed by atoms with van der Waals surface area (Å²) < 4.78 is 18.5. The van der Waals surface area contributed by atoms with Crippen molar-refractivity contribution < 1.29 is 13.9 Å². The highest BCUT2D eigenvalue weighted by Crippen LogP contribution is 2.24. The number of aromatic nitrogens is 1. The third-order valence-electron chi connectivity index (χ3n) is 2.61. The molecule has 0 bridgehead atoms. The van der Waals surface area contributed by atoms with E-state index in [1.54, 1.807) is 12.3 Å². The predicted molar refractivity (Wildman–Crippen MR) is 77.6 cm³/mol. The normalized spacial score (nSPS) is 10.2. The highest BCUT2D eigenvalue weighted by molar-refractivity contribution is 9.10. The first-order valence-corrected chi connectivity index (χ1v) is 6.57. The van der Waals surface area contributed by atoms with Crippen LogP contribution in [0.4, 0.5) is 10.1 Å². The Hall–Kier alpha value is -1.95. The van der Waals surface area contributed by atoms with Gasteiger partial charge in [0, 0.05) is 10.7 Å². The van der Waals surface area contributed by atoms with Crippen LogP contribution < -0.4 is 10.1 Å². The summed E-state index contributed by atoms with van der Waals surface area (Å²) >= 11 is 3.16. The van der Waals surface area contributed by atoms with Gasteiger partial charge in [0.25, 0.3) is 5.91 Å². The fraction of sp³-hybridized carbons (Fsp3) is 0.143. The Morgan fingerprint density at radius 1 is 1.40 bits per heavy atom. The Morgan fingerprint density at radius 3 is 2.80 bits per heavy atom. The Balaban J connectivity index is 2.30. The maximum atomic E-state index is 13.0. The molecule has 4 nitrogen and oxygen atoms in total. The molecule has 0 radical (unpaired) electrons. The zero-order valence-electron chi connectivity index (χ0n) is 10.9. The molecule has 20 heavy (non-hydrogen) atoms. The largest absolute Gasteiger partial charge is 0.480 e. The first kappa shape index (κ1) is 14.5. The number of rotatable bonds is 3. The summed E-state index contributed by atoms with van der Waals surface area (Å²) in [5.41, 5.74) is 1.68. The number of amides is 1. The number of benzene rings is 1. The van der Waals surface area contributed by atoms with E-state index in [1.807, 2.05) is 6.92 Å². The number of nitrogens with zero attached hydrogens (tertiary/aromatic N) is 1. The van der Waals surface area contributed by atoms with E-state index in [-0.39, 0.29) is 5.91 Å². The van der Waals surface area contributed by atoms with Gasteiger partial charge < -0.3 is 10.1 Å². The van der Waals surface area contributed by atoms with Crippen LogP contribution in [0, 0.1) is 12.7 Å². The Labute approximate surface area is 124 Å². The maximum absolute atomic E-state index is 13.0. The number of ether oxygens (including phenoxy) is 1. The van der Waals surface area contributed by atoms with Gasteiger partial charge in [0.2, 0.25) is 5.88 Å². The number of pyridine rings is 1. The molecule has 1 N–H and O–H groups in total. The van der Waals surface area contributed by atoms with Crippen molar-refractivity contribution in [1.82, 2.24) is 4.98 Å². The Morgan fingerprint density at radius 2 is 2.15 bits per heavy atom. The van der Waals surface area contributed by atoms with Gasteiger partial charge in [-0.25, -0.2) is 9.37 Å². The molecular weight excluding hydrogens is 327 g/mol. The molecule has 0 aliphatic heterocycles. The molecule has 6 heteroatoms. The molecule has 104 valence electrons. The van der Waals surface area contributed by atoms with Crippen LogP contribution in [-0.4, -0.2) is 18.0 Å². The molecule has 1 heterocycles. The standard InChI is InChI=1S/C14H12BrFN2O2/c1-8-5-12(14(20-2)17-7-8)18-13(19)10-4-3-9(16)6-11(10)15/h3-7H,1-2H3,(H,18,19). The smallest absolute Gasteiger partial charge is 0.256 e. The SMILES string of the molecule is COc1ncc(C)cc1NC(=O)c1ccc(F)cc1Br. The number of methoxy groups -OCH3 is 1. The van der Waals surface area contributed by atoms with Gasteiger partial charge in [-0.15, -0.1) is 0 Å². The number of nitrogens with one attached hydrogen (secondary N) is 1. The molecule has 1 aromatic carbocycles. The molecule has 0 spiro atoms. The fourth-order valence-electron chi connectivity index (χ4n) is 1.67. The number of aryl methyl sites for hydroxylation is 1. The van der Waals surface area contributed by atoms with E-state index in [9.17, 15) is 9.18 Å². The summed E-state index contributed by atoms with van der Waals surface area (Å²) in [4.78, 5) is 16.3. The molecule has 0 aliphatic rings. The van der Waals surface area contributed by atoms with E-state index in [0.29, 0.717) is 21.6 Å². The predicted octanol–water partition coefficient (Wildman–Crippen LogP) is 3.55. The van der Waals surface area contributed by atoms with E-state index >= 15 is 0 Å². The lowest BCUT2D eigenvalue weighted by Crippen LogP contribution is -2.14. The third kappa shape index (κ3) is 3.14. The Kier molecular flexibility index (Phi) is 4.34. The van der Waals surface area contributed by atoms with Crippen molar-refractivity contribution in [2.75, 3.05) is 12.4 Å². The minimum absolute atomic E-state index is 0.321. The van der Waals surface area contributed by atoms with E-state index in [1.165, 1.54) is 25.3 Å². The highest BCUT2D eigenvalue weighted by atomic mass is 79.9. The summed E-state index contributed by atoms with van der Waals surface area (Å²) in [6.45, 7) is 1.86. The van der Waals surface area contributed by atoms with Crippen LogP contribution in [0.5, 0.6) is 5.88 Å². The van der Waals surface area contributed by atoms with Crippen molar-refractivity contribution in [3.05, 3.63) is 51.9 Å². The molecule has 0 saturated heterocycles. The van der Waals surface area contributed by atoms with Crippen molar-refractivity contribution in [2.24, 2.45) is 0 Å². The van der Waals surface area contributed by atoms with Crippen LogP contribution in [0.1, 0.15) is 15.9 Å². The highest BCUT2D eigenvalue weighted by Gasteiger charge is 2.14. The number of hydrogen-bond acceptors (Lipinski definition) is 3. The van der Waals surface area contributed by atoms with Crippen molar-refractivity contribution in [1.29, 1.82) is 0 Å². The lowest BCUT2D eigenvalue weighted by atomic mass is 10.2.